The van der Waals surface area contributed by atoms with Crippen LogP contribution in [-0.2, 0) is 20.3 Å². The second kappa shape index (κ2) is 7.01. The van der Waals surface area contributed by atoms with Crippen molar-refractivity contribution in [1.82, 2.24) is 0 Å². The van der Waals surface area contributed by atoms with Gasteiger partial charge in [0.15, 0.2) is 0 Å². The van der Waals surface area contributed by atoms with Gasteiger partial charge in [0.1, 0.15) is 0 Å². The minimum Gasteiger partial charge on any atom is -0.469 e. The summed E-state index contributed by atoms with van der Waals surface area (Å²) in [6.45, 7) is 0. The van der Waals surface area contributed by atoms with Crippen LogP contribution in [0.5, 0.6) is 0 Å². The van der Waals surface area contributed by atoms with Gasteiger partial charge in [0.05, 0.1) is 23.8 Å². The number of carbonyl (C=O) groups is 1. The number of ether oxygens (including phenoxy) is 1. The zero-order chi connectivity index (χ0) is 14.4. The van der Waals surface area contributed by atoms with Gasteiger partial charge in [0.25, 0.3) is 0 Å². The lowest BCUT2D eigenvalue weighted by Gasteiger charge is -2.14. The zero-order valence-electron chi connectivity index (χ0n) is 11.2. The third kappa shape index (κ3) is 3.54. The molecule has 4 heteroatoms. The molecule has 20 heavy (non-hydrogen) atoms. The minimum atomic E-state index is -1.24. The fourth-order valence-electron chi connectivity index (χ4n) is 1.95. The van der Waals surface area contributed by atoms with E-state index in [0.717, 1.165) is 10.5 Å². The summed E-state index contributed by atoms with van der Waals surface area (Å²) in [6.07, 6.45) is 0. The number of benzene rings is 2. The Balaban J connectivity index is 2.21. The Morgan fingerprint density at radius 2 is 1.60 bits per heavy atom. The maximum absolute atomic E-state index is 12.4. The molecule has 0 spiro atoms. The maximum atomic E-state index is 12.4. The molecular formula is C16H16O3S. The molecule has 3 nitrogen and oxygen atoms in total. The predicted octanol–water partition coefficient (Wildman–Crippen LogP) is 2.75. The van der Waals surface area contributed by atoms with Crippen LogP contribution in [0.25, 0.3) is 0 Å². The van der Waals surface area contributed by atoms with Gasteiger partial charge >= 0.3 is 5.97 Å². The first-order valence-corrected chi connectivity index (χ1v) is 7.60. The van der Waals surface area contributed by atoms with Gasteiger partial charge in [-0.05, 0) is 17.7 Å². The summed E-state index contributed by atoms with van der Waals surface area (Å²) in [7, 11) is 0.114. The average molecular weight is 288 g/mol. The molecule has 0 N–H and O–H groups in total. The average Bonchev–Trinajstić information content (AvgIpc) is 2.53. The summed E-state index contributed by atoms with van der Waals surface area (Å²) < 4.78 is 17.2. The van der Waals surface area contributed by atoms with E-state index in [4.69, 9.17) is 4.74 Å². The van der Waals surface area contributed by atoms with Crippen LogP contribution in [-0.4, -0.2) is 23.0 Å². The molecular weight excluding hydrogens is 272 g/mol. The second-order valence-corrected chi connectivity index (χ2v) is 5.81. The number of hydrogen-bond donors (Lipinski definition) is 0. The third-order valence-corrected chi connectivity index (χ3v) is 4.45. The summed E-state index contributed by atoms with van der Waals surface area (Å²) >= 11 is 0. The first-order valence-electron chi connectivity index (χ1n) is 6.28. The molecule has 0 saturated heterocycles. The quantitative estimate of drug-likeness (QED) is 0.795. The van der Waals surface area contributed by atoms with Crippen LogP contribution in [0.1, 0.15) is 11.5 Å². The van der Waals surface area contributed by atoms with Crippen molar-refractivity contribution in [1.29, 1.82) is 0 Å². The number of hydrogen-bond acceptors (Lipinski definition) is 3. The van der Waals surface area contributed by atoms with Crippen molar-refractivity contribution < 1.29 is 13.7 Å². The standard InChI is InChI=1S/C16H16O3S/c1-19-16(17)15(13-8-4-2-5-9-13)12-20(18)14-10-6-3-7-11-14/h2-11,15H,12H2,1H3. The largest absolute Gasteiger partial charge is 0.469 e. The summed E-state index contributed by atoms with van der Waals surface area (Å²) in [5.41, 5.74) is 0.823. The molecule has 0 aliphatic carbocycles. The van der Waals surface area contributed by atoms with E-state index in [2.05, 4.69) is 0 Å². The van der Waals surface area contributed by atoms with E-state index in [1.54, 1.807) is 12.1 Å². The van der Waals surface area contributed by atoms with E-state index >= 15 is 0 Å². The summed E-state index contributed by atoms with van der Waals surface area (Å²) in [4.78, 5) is 12.6. The lowest BCUT2D eigenvalue weighted by molar-refractivity contribution is -0.141. The highest BCUT2D eigenvalue weighted by atomic mass is 32.2. The predicted molar refractivity (Wildman–Crippen MR) is 78.9 cm³/mol. The van der Waals surface area contributed by atoms with Crippen LogP contribution in [0.3, 0.4) is 0 Å². The van der Waals surface area contributed by atoms with E-state index in [1.807, 2.05) is 48.5 Å². The van der Waals surface area contributed by atoms with Gasteiger partial charge in [-0.25, -0.2) is 0 Å². The van der Waals surface area contributed by atoms with Crippen molar-refractivity contribution in [2.24, 2.45) is 0 Å². The van der Waals surface area contributed by atoms with Crippen LogP contribution < -0.4 is 0 Å². The normalized spacial score (nSPS) is 13.4. The molecule has 0 saturated carbocycles. The van der Waals surface area contributed by atoms with E-state index in [9.17, 15) is 9.00 Å². The molecule has 0 aliphatic heterocycles. The van der Waals surface area contributed by atoms with Gasteiger partial charge < -0.3 is 4.74 Å². The Hall–Kier alpha value is -1.94. The van der Waals surface area contributed by atoms with Crippen molar-refractivity contribution in [2.75, 3.05) is 12.9 Å². The van der Waals surface area contributed by atoms with Gasteiger partial charge in [0, 0.05) is 10.6 Å². The summed E-state index contributed by atoms with van der Waals surface area (Å²) in [6, 6.07) is 18.4. The van der Waals surface area contributed by atoms with Crippen molar-refractivity contribution >= 4 is 16.8 Å². The fourth-order valence-corrected chi connectivity index (χ4v) is 3.23. The topological polar surface area (TPSA) is 43.4 Å². The van der Waals surface area contributed by atoms with Crippen molar-refractivity contribution in [2.45, 2.75) is 10.8 Å². The number of methoxy groups -OCH3 is 1. The van der Waals surface area contributed by atoms with Crippen molar-refractivity contribution in [3.8, 4) is 0 Å². The molecule has 2 rings (SSSR count). The SMILES string of the molecule is COC(=O)C(CS(=O)c1ccccc1)c1ccccc1. The molecule has 2 atom stereocenters. The van der Waals surface area contributed by atoms with Gasteiger partial charge in [-0.15, -0.1) is 0 Å². The lowest BCUT2D eigenvalue weighted by Crippen LogP contribution is -2.20. The monoisotopic (exact) mass is 288 g/mol. The van der Waals surface area contributed by atoms with Gasteiger partial charge in [0.2, 0.25) is 0 Å². The van der Waals surface area contributed by atoms with Crippen LogP contribution in [0, 0.1) is 0 Å². The highest BCUT2D eigenvalue weighted by Gasteiger charge is 2.24. The minimum absolute atomic E-state index is 0.223. The lowest BCUT2D eigenvalue weighted by atomic mass is 10.0. The Kier molecular flexibility index (Phi) is 5.07. The fraction of sp³-hybridized carbons (Fsp3) is 0.188. The molecule has 104 valence electrons. The molecule has 2 unspecified atom stereocenters. The Morgan fingerprint density at radius 3 is 2.15 bits per heavy atom. The van der Waals surface area contributed by atoms with Crippen LogP contribution in [0.2, 0.25) is 0 Å². The van der Waals surface area contributed by atoms with E-state index in [-0.39, 0.29) is 11.7 Å². The molecule has 2 aromatic rings. The smallest absolute Gasteiger partial charge is 0.314 e. The number of esters is 1. The summed E-state index contributed by atoms with van der Waals surface area (Å²) in [5.74, 6) is -0.650. The molecule has 0 aromatic heterocycles. The van der Waals surface area contributed by atoms with Crippen molar-refractivity contribution in [3.05, 3.63) is 66.2 Å². The zero-order valence-corrected chi connectivity index (χ0v) is 12.0. The highest BCUT2D eigenvalue weighted by molar-refractivity contribution is 7.85. The maximum Gasteiger partial charge on any atom is 0.314 e. The Morgan fingerprint density at radius 1 is 1.05 bits per heavy atom. The van der Waals surface area contributed by atoms with Crippen LogP contribution in [0.4, 0.5) is 0 Å². The number of rotatable bonds is 5. The molecule has 0 bridgehead atoms. The van der Waals surface area contributed by atoms with Crippen LogP contribution >= 0.6 is 0 Å². The molecule has 0 fully saturated rings. The Labute approximate surface area is 121 Å². The van der Waals surface area contributed by atoms with Gasteiger partial charge in [-0.2, -0.15) is 0 Å². The van der Waals surface area contributed by atoms with E-state index in [1.165, 1.54) is 7.11 Å². The first-order chi connectivity index (χ1) is 9.72. The molecule has 0 heterocycles. The van der Waals surface area contributed by atoms with E-state index < -0.39 is 16.7 Å². The third-order valence-electron chi connectivity index (χ3n) is 3.01. The number of carbonyl (C=O) groups excluding carboxylic acids is 1. The Bertz CT molecular complexity index is 581. The second-order valence-electron chi connectivity index (χ2n) is 4.31. The molecule has 0 radical (unpaired) electrons. The molecule has 0 aliphatic rings. The molecule has 2 aromatic carbocycles. The molecule has 0 amide bonds. The van der Waals surface area contributed by atoms with Gasteiger partial charge in [-0.1, -0.05) is 48.5 Å². The van der Waals surface area contributed by atoms with Crippen LogP contribution in [0.15, 0.2) is 65.6 Å². The van der Waals surface area contributed by atoms with Gasteiger partial charge in [-0.3, -0.25) is 9.00 Å². The highest BCUT2D eigenvalue weighted by Crippen LogP contribution is 2.21. The van der Waals surface area contributed by atoms with E-state index in [0.29, 0.717) is 0 Å². The summed E-state index contributed by atoms with van der Waals surface area (Å²) in [5, 5.41) is 0. The first kappa shape index (κ1) is 14.5. The van der Waals surface area contributed by atoms with Crippen molar-refractivity contribution in [3.63, 3.8) is 0 Å².